The van der Waals surface area contributed by atoms with E-state index in [0.717, 1.165) is 6.42 Å². The molecule has 100 valence electrons. The quantitative estimate of drug-likeness (QED) is 0.850. The maximum Gasteiger partial charge on any atom is 0.146 e. The van der Waals surface area contributed by atoms with Gasteiger partial charge >= 0.3 is 0 Å². The topological polar surface area (TPSA) is 12.0 Å². The number of benzene rings is 1. The van der Waals surface area contributed by atoms with Crippen molar-refractivity contribution in [1.82, 2.24) is 5.32 Å². The standard InChI is InChI=1S/C15H21ClFN/c1-15(2)8-4-6-12(9-15)18-10-11-5-3-7-13(16)14(11)17/h3,5,7,12,18H,4,6,8-10H2,1-2H3. The van der Waals surface area contributed by atoms with Crippen LogP contribution in [0.1, 0.15) is 45.1 Å². The zero-order chi connectivity index (χ0) is 13.2. The minimum absolute atomic E-state index is 0.207. The lowest BCUT2D eigenvalue weighted by Crippen LogP contribution is -2.37. The van der Waals surface area contributed by atoms with Gasteiger partial charge in [-0.3, -0.25) is 0 Å². The molecule has 1 N–H and O–H groups in total. The maximum atomic E-state index is 13.7. The molecule has 0 aliphatic heterocycles. The number of halogens is 2. The minimum atomic E-state index is -0.290. The Morgan fingerprint density at radius 1 is 1.44 bits per heavy atom. The fraction of sp³-hybridized carbons (Fsp3) is 0.600. The molecule has 0 saturated heterocycles. The van der Waals surface area contributed by atoms with E-state index in [-0.39, 0.29) is 10.8 Å². The molecule has 0 radical (unpaired) electrons. The van der Waals surface area contributed by atoms with Crippen LogP contribution in [0, 0.1) is 11.2 Å². The molecule has 2 rings (SSSR count). The second-order valence-electron chi connectivity index (χ2n) is 6.05. The van der Waals surface area contributed by atoms with Crippen LogP contribution in [-0.2, 0) is 6.54 Å². The van der Waals surface area contributed by atoms with Gasteiger partial charge in [-0.2, -0.15) is 0 Å². The predicted molar refractivity (Wildman–Crippen MR) is 74.3 cm³/mol. The second kappa shape index (κ2) is 5.58. The van der Waals surface area contributed by atoms with Crippen LogP contribution in [0.4, 0.5) is 4.39 Å². The van der Waals surface area contributed by atoms with Crippen LogP contribution in [-0.4, -0.2) is 6.04 Å². The van der Waals surface area contributed by atoms with Crippen molar-refractivity contribution in [3.8, 4) is 0 Å². The van der Waals surface area contributed by atoms with Crippen molar-refractivity contribution < 1.29 is 4.39 Å². The van der Waals surface area contributed by atoms with Crippen molar-refractivity contribution in [2.45, 2.75) is 52.1 Å². The molecule has 0 bridgehead atoms. The van der Waals surface area contributed by atoms with Crippen LogP contribution < -0.4 is 5.32 Å². The smallest absolute Gasteiger partial charge is 0.146 e. The van der Waals surface area contributed by atoms with Gasteiger partial charge in [-0.25, -0.2) is 4.39 Å². The van der Waals surface area contributed by atoms with Gasteiger partial charge < -0.3 is 5.32 Å². The van der Waals surface area contributed by atoms with Crippen LogP contribution in [0.2, 0.25) is 5.02 Å². The number of nitrogens with one attached hydrogen (secondary N) is 1. The molecule has 18 heavy (non-hydrogen) atoms. The second-order valence-corrected chi connectivity index (χ2v) is 6.46. The van der Waals surface area contributed by atoms with E-state index in [9.17, 15) is 4.39 Å². The third-order valence-corrected chi connectivity index (χ3v) is 4.11. The van der Waals surface area contributed by atoms with Gasteiger partial charge in [0.25, 0.3) is 0 Å². The molecule has 1 aromatic rings. The van der Waals surface area contributed by atoms with E-state index in [0.29, 0.717) is 23.6 Å². The number of hydrogen-bond acceptors (Lipinski definition) is 1. The third kappa shape index (κ3) is 3.46. The lowest BCUT2D eigenvalue weighted by molar-refractivity contribution is 0.197. The summed E-state index contributed by atoms with van der Waals surface area (Å²) in [6.07, 6.45) is 4.89. The average Bonchev–Trinajstić information content (AvgIpc) is 2.30. The molecule has 1 nitrogen and oxygen atoms in total. The number of rotatable bonds is 3. The molecule has 1 aromatic carbocycles. The molecule has 1 unspecified atom stereocenters. The van der Waals surface area contributed by atoms with E-state index in [1.807, 2.05) is 0 Å². The van der Waals surface area contributed by atoms with Crippen LogP contribution in [0.3, 0.4) is 0 Å². The lowest BCUT2D eigenvalue weighted by Gasteiger charge is -2.35. The van der Waals surface area contributed by atoms with Gasteiger partial charge in [-0.15, -0.1) is 0 Å². The van der Waals surface area contributed by atoms with E-state index < -0.39 is 0 Å². The molecule has 1 atom stereocenters. The van der Waals surface area contributed by atoms with Gasteiger partial charge in [-0.1, -0.05) is 44.0 Å². The molecular formula is C15H21ClFN. The summed E-state index contributed by atoms with van der Waals surface area (Å²) in [5.74, 6) is -0.290. The fourth-order valence-corrected chi connectivity index (χ4v) is 3.01. The van der Waals surface area contributed by atoms with Crippen molar-refractivity contribution in [3.05, 3.63) is 34.6 Å². The maximum absolute atomic E-state index is 13.7. The summed E-state index contributed by atoms with van der Waals surface area (Å²) in [6, 6.07) is 5.67. The summed E-state index contributed by atoms with van der Waals surface area (Å²) in [6.45, 7) is 5.18. The van der Waals surface area contributed by atoms with Crippen LogP contribution in [0.25, 0.3) is 0 Å². The zero-order valence-electron chi connectivity index (χ0n) is 11.1. The summed E-state index contributed by atoms with van der Waals surface area (Å²) in [7, 11) is 0. The van der Waals surface area contributed by atoms with Gasteiger partial charge in [0.1, 0.15) is 5.82 Å². The van der Waals surface area contributed by atoms with E-state index in [1.165, 1.54) is 19.3 Å². The Balaban J connectivity index is 1.93. The summed E-state index contributed by atoms with van der Waals surface area (Å²) in [5, 5.41) is 3.67. The molecular weight excluding hydrogens is 249 g/mol. The first kappa shape index (κ1) is 13.8. The summed E-state index contributed by atoms with van der Waals surface area (Å²) < 4.78 is 13.7. The molecule has 0 aromatic heterocycles. The molecule has 1 fully saturated rings. The summed E-state index contributed by atoms with van der Waals surface area (Å²) in [4.78, 5) is 0. The van der Waals surface area contributed by atoms with E-state index >= 15 is 0 Å². The van der Waals surface area contributed by atoms with Crippen LogP contribution in [0.5, 0.6) is 0 Å². The average molecular weight is 270 g/mol. The Kier molecular flexibility index (Phi) is 4.29. The first-order valence-corrected chi connectivity index (χ1v) is 7.02. The largest absolute Gasteiger partial charge is 0.310 e. The molecule has 1 aliphatic carbocycles. The van der Waals surface area contributed by atoms with Crippen molar-refractivity contribution in [3.63, 3.8) is 0 Å². The van der Waals surface area contributed by atoms with Gasteiger partial charge in [-0.05, 0) is 30.7 Å². The Labute approximate surface area is 114 Å². The molecule has 0 amide bonds. The van der Waals surface area contributed by atoms with Crippen molar-refractivity contribution in [2.75, 3.05) is 0 Å². The fourth-order valence-electron chi connectivity index (χ4n) is 2.81. The van der Waals surface area contributed by atoms with Gasteiger partial charge in [0, 0.05) is 18.2 Å². The Bertz CT molecular complexity index is 417. The van der Waals surface area contributed by atoms with Crippen molar-refractivity contribution >= 4 is 11.6 Å². The highest BCUT2D eigenvalue weighted by atomic mass is 35.5. The zero-order valence-corrected chi connectivity index (χ0v) is 11.9. The highest BCUT2D eigenvalue weighted by Gasteiger charge is 2.27. The normalized spacial score (nSPS) is 23.0. The molecule has 0 heterocycles. The van der Waals surface area contributed by atoms with E-state index in [2.05, 4.69) is 19.2 Å². The molecule has 1 aliphatic rings. The van der Waals surface area contributed by atoms with E-state index in [1.54, 1.807) is 18.2 Å². The lowest BCUT2D eigenvalue weighted by atomic mass is 9.75. The number of hydrogen-bond donors (Lipinski definition) is 1. The van der Waals surface area contributed by atoms with Gasteiger partial charge in [0.15, 0.2) is 0 Å². The minimum Gasteiger partial charge on any atom is -0.310 e. The third-order valence-electron chi connectivity index (χ3n) is 3.82. The van der Waals surface area contributed by atoms with Crippen molar-refractivity contribution in [1.29, 1.82) is 0 Å². The first-order valence-electron chi connectivity index (χ1n) is 6.64. The Hall–Kier alpha value is -0.600. The first-order chi connectivity index (χ1) is 8.48. The van der Waals surface area contributed by atoms with E-state index in [4.69, 9.17) is 11.6 Å². The highest BCUT2D eigenvalue weighted by molar-refractivity contribution is 6.30. The summed E-state index contributed by atoms with van der Waals surface area (Å²) >= 11 is 5.78. The Morgan fingerprint density at radius 3 is 2.94 bits per heavy atom. The van der Waals surface area contributed by atoms with Crippen LogP contribution in [0.15, 0.2) is 18.2 Å². The molecule has 3 heteroatoms. The Morgan fingerprint density at radius 2 is 2.22 bits per heavy atom. The molecule has 0 spiro atoms. The van der Waals surface area contributed by atoms with Crippen LogP contribution >= 0.6 is 11.6 Å². The predicted octanol–water partition coefficient (Wildman–Crippen LogP) is 4.54. The monoisotopic (exact) mass is 269 g/mol. The highest BCUT2D eigenvalue weighted by Crippen LogP contribution is 2.35. The van der Waals surface area contributed by atoms with Crippen molar-refractivity contribution in [2.24, 2.45) is 5.41 Å². The van der Waals surface area contributed by atoms with Gasteiger partial charge in [0.05, 0.1) is 5.02 Å². The summed E-state index contributed by atoms with van der Waals surface area (Å²) in [5.41, 5.74) is 1.06. The SMILES string of the molecule is CC1(C)CCCC(NCc2cccc(Cl)c2F)C1. The van der Waals surface area contributed by atoms with Gasteiger partial charge in [0.2, 0.25) is 0 Å². The molecule has 1 saturated carbocycles.